The van der Waals surface area contributed by atoms with Crippen molar-refractivity contribution in [2.45, 2.75) is 19.0 Å². The van der Waals surface area contributed by atoms with Gasteiger partial charge < -0.3 is 5.32 Å². The van der Waals surface area contributed by atoms with Crippen LogP contribution in [-0.2, 0) is 17.8 Å². The van der Waals surface area contributed by atoms with Crippen molar-refractivity contribution >= 4 is 5.91 Å². The summed E-state index contributed by atoms with van der Waals surface area (Å²) >= 11 is 0. The van der Waals surface area contributed by atoms with Gasteiger partial charge in [0, 0.05) is 24.8 Å². The third-order valence-electron chi connectivity index (χ3n) is 3.48. The van der Waals surface area contributed by atoms with Gasteiger partial charge in [0.25, 0.3) is 0 Å². The van der Waals surface area contributed by atoms with E-state index in [1.54, 1.807) is 12.3 Å². The van der Waals surface area contributed by atoms with E-state index in [0.717, 1.165) is 16.8 Å². The van der Waals surface area contributed by atoms with Crippen molar-refractivity contribution in [2.75, 3.05) is 6.54 Å². The molecule has 0 saturated heterocycles. The number of halogens is 1. The lowest BCUT2D eigenvalue weighted by Gasteiger charge is -2.12. The zero-order chi connectivity index (χ0) is 14.7. The molecule has 1 aliphatic heterocycles. The normalized spacial score (nSPS) is 16.5. The van der Waals surface area contributed by atoms with Crippen LogP contribution >= 0.6 is 0 Å². The van der Waals surface area contributed by atoms with Crippen molar-refractivity contribution in [2.24, 2.45) is 0 Å². The molecule has 0 spiro atoms. The summed E-state index contributed by atoms with van der Waals surface area (Å²) in [5.74, 6) is -0.373. The van der Waals surface area contributed by atoms with Crippen LogP contribution in [0.5, 0.6) is 0 Å². The van der Waals surface area contributed by atoms with Gasteiger partial charge in [-0.2, -0.15) is 0 Å². The van der Waals surface area contributed by atoms with Crippen molar-refractivity contribution in [3.63, 3.8) is 0 Å². The van der Waals surface area contributed by atoms with E-state index < -0.39 is 6.04 Å². The fourth-order valence-corrected chi connectivity index (χ4v) is 2.42. The smallest absolute Gasteiger partial charge is 0.241 e. The Hall–Kier alpha value is -2.34. The molecule has 108 valence electrons. The molecule has 2 aromatic rings. The Morgan fingerprint density at radius 3 is 3.24 bits per heavy atom. The molecule has 0 radical (unpaired) electrons. The van der Waals surface area contributed by atoms with Gasteiger partial charge in [0.15, 0.2) is 0 Å². The van der Waals surface area contributed by atoms with Gasteiger partial charge in [0.2, 0.25) is 5.91 Å². The van der Waals surface area contributed by atoms with E-state index in [2.05, 4.69) is 20.6 Å². The summed E-state index contributed by atoms with van der Waals surface area (Å²) < 4.78 is 13.1. The van der Waals surface area contributed by atoms with Gasteiger partial charge in [0.1, 0.15) is 18.2 Å². The predicted molar refractivity (Wildman–Crippen MR) is 74.7 cm³/mol. The number of fused-ring (bicyclic) bond motifs is 1. The van der Waals surface area contributed by atoms with Gasteiger partial charge in [0.05, 0.1) is 5.69 Å². The average molecular weight is 286 g/mol. The van der Waals surface area contributed by atoms with Crippen LogP contribution in [0.25, 0.3) is 0 Å². The second-order valence-electron chi connectivity index (χ2n) is 4.91. The van der Waals surface area contributed by atoms with Crippen LogP contribution in [-0.4, -0.2) is 22.4 Å². The maximum Gasteiger partial charge on any atom is 0.241 e. The summed E-state index contributed by atoms with van der Waals surface area (Å²) in [4.78, 5) is 20.2. The highest BCUT2D eigenvalue weighted by Crippen LogP contribution is 2.22. The Kier molecular flexibility index (Phi) is 3.87. The third kappa shape index (κ3) is 3.05. The molecule has 0 bridgehead atoms. The average Bonchev–Trinajstić information content (AvgIpc) is 2.91. The van der Waals surface area contributed by atoms with Crippen LogP contribution < -0.4 is 10.6 Å². The van der Waals surface area contributed by atoms with E-state index in [-0.39, 0.29) is 11.7 Å². The number of nitrogens with zero attached hydrogens (tertiary/aromatic N) is 2. The minimum Gasteiger partial charge on any atom is -0.354 e. The zero-order valence-electron chi connectivity index (χ0n) is 11.3. The lowest BCUT2D eigenvalue weighted by molar-refractivity contribution is -0.123. The molecular formula is C15H15FN4O. The van der Waals surface area contributed by atoms with Gasteiger partial charge in [-0.25, -0.2) is 14.4 Å². The number of hydrogen-bond donors (Lipinski definition) is 2. The number of amides is 1. The fraction of sp³-hybridized carbons (Fsp3) is 0.267. The van der Waals surface area contributed by atoms with Gasteiger partial charge in [-0.3, -0.25) is 10.1 Å². The standard InChI is InChI=1S/C15H15FN4O/c16-11-3-1-2-10(6-11)4-5-18-15(21)14-12-7-17-9-20-13(12)8-19-14/h1-3,6-7,9,14,19H,4-5,8H2,(H,18,21). The number of benzene rings is 1. The molecule has 0 fully saturated rings. The predicted octanol–water partition coefficient (Wildman–Crippen LogP) is 1.12. The Morgan fingerprint density at radius 2 is 2.38 bits per heavy atom. The molecule has 0 saturated carbocycles. The lowest BCUT2D eigenvalue weighted by atomic mass is 10.1. The van der Waals surface area contributed by atoms with E-state index in [0.29, 0.717) is 19.5 Å². The molecule has 1 aromatic heterocycles. The van der Waals surface area contributed by atoms with Crippen molar-refractivity contribution in [1.29, 1.82) is 0 Å². The van der Waals surface area contributed by atoms with E-state index in [1.807, 2.05) is 6.07 Å². The minimum absolute atomic E-state index is 0.111. The number of carbonyl (C=O) groups is 1. The number of hydrogen-bond acceptors (Lipinski definition) is 4. The molecular weight excluding hydrogens is 271 g/mol. The maximum absolute atomic E-state index is 13.1. The van der Waals surface area contributed by atoms with Gasteiger partial charge >= 0.3 is 0 Å². The van der Waals surface area contributed by atoms with Crippen LogP contribution in [0.15, 0.2) is 36.8 Å². The molecule has 2 heterocycles. The third-order valence-corrected chi connectivity index (χ3v) is 3.48. The Morgan fingerprint density at radius 1 is 1.48 bits per heavy atom. The Balaban J connectivity index is 1.56. The number of rotatable bonds is 4. The SMILES string of the molecule is O=C(NCCc1cccc(F)c1)C1NCc2ncncc21. The fourth-order valence-electron chi connectivity index (χ4n) is 2.42. The largest absolute Gasteiger partial charge is 0.354 e. The first kappa shape index (κ1) is 13.6. The van der Waals surface area contributed by atoms with Gasteiger partial charge in [-0.05, 0) is 24.1 Å². The topological polar surface area (TPSA) is 66.9 Å². The lowest BCUT2D eigenvalue weighted by Crippen LogP contribution is -2.35. The molecule has 1 aliphatic rings. The second kappa shape index (κ2) is 5.97. The Labute approximate surface area is 121 Å². The van der Waals surface area contributed by atoms with Crippen LogP contribution in [0.3, 0.4) is 0 Å². The molecule has 3 rings (SSSR count). The number of nitrogens with one attached hydrogen (secondary N) is 2. The van der Waals surface area contributed by atoms with Crippen LogP contribution in [0, 0.1) is 5.82 Å². The van der Waals surface area contributed by atoms with E-state index >= 15 is 0 Å². The highest BCUT2D eigenvalue weighted by Gasteiger charge is 2.28. The molecule has 5 nitrogen and oxygen atoms in total. The molecule has 21 heavy (non-hydrogen) atoms. The van der Waals surface area contributed by atoms with E-state index in [1.165, 1.54) is 18.5 Å². The summed E-state index contributed by atoms with van der Waals surface area (Å²) in [7, 11) is 0. The van der Waals surface area contributed by atoms with Crippen molar-refractivity contribution < 1.29 is 9.18 Å². The quantitative estimate of drug-likeness (QED) is 0.884. The highest BCUT2D eigenvalue weighted by atomic mass is 19.1. The van der Waals surface area contributed by atoms with Crippen LogP contribution in [0.2, 0.25) is 0 Å². The van der Waals surface area contributed by atoms with Crippen LogP contribution in [0.1, 0.15) is 22.9 Å². The summed E-state index contributed by atoms with van der Waals surface area (Å²) in [6.45, 7) is 1.03. The molecule has 2 N–H and O–H groups in total. The number of carbonyl (C=O) groups excluding carboxylic acids is 1. The maximum atomic E-state index is 13.1. The molecule has 1 atom stereocenters. The molecule has 1 aromatic carbocycles. The van der Waals surface area contributed by atoms with E-state index in [4.69, 9.17) is 0 Å². The highest BCUT2D eigenvalue weighted by molar-refractivity contribution is 5.84. The van der Waals surface area contributed by atoms with Crippen molar-refractivity contribution in [3.05, 3.63) is 59.4 Å². The monoisotopic (exact) mass is 286 g/mol. The molecule has 1 unspecified atom stereocenters. The zero-order valence-corrected chi connectivity index (χ0v) is 11.3. The van der Waals surface area contributed by atoms with Gasteiger partial charge in [-0.15, -0.1) is 0 Å². The molecule has 1 amide bonds. The summed E-state index contributed by atoms with van der Waals surface area (Å²) in [5.41, 5.74) is 2.54. The minimum atomic E-state index is -0.409. The van der Waals surface area contributed by atoms with Crippen molar-refractivity contribution in [3.8, 4) is 0 Å². The molecule has 6 heteroatoms. The summed E-state index contributed by atoms with van der Waals surface area (Å²) in [6.07, 6.45) is 3.73. The summed E-state index contributed by atoms with van der Waals surface area (Å²) in [6, 6.07) is 5.98. The first-order valence-electron chi connectivity index (χ1n) is 6.78. The second-order valence-corrected chi connectivity index (χ2v) is 4.91. The Bertz CT molecular complexity index is 662. The van der Waals surface area contributed by atoms with Gasteiger partial charge in [-0.1, -0.05) is 12.1 Å². The summed E-state index contributed by atoms with van der Waals surface area (Å²) in [5, 5.41) is 5.96. The number of aromatic nitrogens is 2. The van der Waals surface area contributed by atoms with Crippen molar-refractivity contribution in [1.82, 2.24) is 20.6 Å². The van der Waals surface area contributed by atoms with E-state index in [9.17, 15) is 9.18 Å². The molecule has 0 aliphatic carbocycles. The first-order chi connectivity index (χ1) is 10.2. The first-order valence-corrected chi connectivity index (χ1v) is 6.78. The van der Waals surface area contributed by atoms with Crippen LogP contribution in [0.4, 0.5) is 4.39 Å².